The molecule has 0 spiro atoms. The van der Waals surface area contributed by atoms with E-state index in [1.165, 1.54) is 12.5 Å². The standard InChI is InChI=1S/C15H19N3O3/c1-10-4-3-5-13(8-10)16-17-15(19)12-7-6-11(2)14(9-12)18(20)21/h6-7,9-10H,3-5,8H2,1-2H3,(H,17,19)/b16-13-. The fourth-order valence-electron chi connectivity index (χ4n) is 2.50. The molecule has 21 heavy (non-hydrogen) atoms. The lowest BCUT2D eigenvalue weighted by molar-refractivity contribution is -0.385. The van der Waals surface area contributed by atoms with E-state index in [1.807, 2.05) is 0 Å². The topological polar surface area (TPSA) is 84.6 Å². The molecule has 1 atom stereocenters. The van der Waals surface area contributed by atoms with Gasteiger partial charge in [-0.15, -0.1) is 0 Å². The van der Waals surface area contributed by atoms with Gasteiger partial charge in [-0.2, -0.15) is 5.10 Å². The first-order valence-corrected chi connectivity index (χ1v) is 7.08. The van der Waals surface area contributed by atoms with Gasteiger partial charge in [0.05, 0.1) is 4.92 Å². The maximum absolute atomic E-state index is 12.0. The third-order valence-electron chi connectivity index (χ3n) is 3.73. The SMILES string of the molecule is Cc1ccc(C(=O)N/N=C2/CCCC(C)C2)cc1[N+](=O)[O-]. The number of hydrogen-bond donors (Lipinski definition) is 1. The van der Waals surface area contributed by atoms with Crippen LogP contribution in [0.15, 0.2) is 23.3 Å². The molecule has 0 aromatic heterocycles. The predicted octanol–water partition coefficient (Wildman–Crippen LogP) is 3.20. The minimum atomic E-state index is -0.485. The maximum Gasteiger partial charge on any atom is 0.273 e. The van der Waals surface area contributed by atoms with Gasteiger partial charge in [0.1, 0.15) is 0 Å². The Balaban J connectivity index is 2.08. The molecule has 1 saturated carbocycles. The molecule has 1 aromatic carbocycles. The first-order chi connectivity index (χ1) is 9.97. The Bertz CT molecular complexity index is 596. The number of rotatable bonds is 3. The summed E-state index contributed by atoms with van der Waals surface area (Å²) in [7, 11) is 0. The van der Waals surface area contributed by atoms with E-state index in [4.69, 9.17) is 0 Å². The lowest BCUT2D eigenvalue weighted by atomic mass is 9.89. The molecule has 0 heterocycles. The van der Waals surface area contributed by atoms with Gasteiger partial charge in [-0.05, 0) is 44.6 Å². The van der Waals surface area contributed by atoms with Crippen molar-refractivity contribution < 1.29 is 9.72 Å². The molecule has 1 fully saturated rings. The summed E-state index contributed by atoms with van der Waals surface area (Å²) in [5, 5.41) is 15.0. The molecule has 6 nitrogen and oxygen atoms in total. The van der Waals surface area contributed by atoms with Gasteiger partial charge in [0.25, 0.3) is 11.6 Å². The monoisotopic (exact) mass is 289 g/mol. The number of nitro benzene ring substituents is 1. The highest BCUT2D eigenvalue weighted by Gasteiger charge is 2.16. The van der Waals surface area contributed by atoms with Gasteiger partial charge >= 0.3 is 0 Å². The van der Waals surface area contributed by atoms with Gasteiger partial charge in [-0.25, -0.2) is 5.43 Å². The van der Waals surface area contributed by atoms with Crippen molar-refractivity contribution in [2.24, 2.45) is 11.0 Å². The van der Waals surface area contributed by atoms with Crippen molar-refractivity contribution in [3.8, 4) is 0 Å². The first kappa shape index (κ1) is 15.2. The second-order valence-electron chi connectivity index (χ2n) is 5.58. The van der Waals surface area contributed by atoms with Crippen LogP contribution < -0.4 is 5.43 Å². The molecule has 2 rings (SSSR count). The summed E-state index contributed by atoms with van der Waals surface area (Å²) in [5.41, 5.74) is 4.22. The van der Waals surface area contributed by atoms with Gasteiger partial charge in [0, 0.05) is 22.9 Å². The number of carbonyl (C=O) groups excluding carboxylic acids is 1. The van der Waals surface area contributed by atoms with E-state index in [1.54, 1.807) is 19.1 Å². The van der Waals surface area contributed by atoms with Crippen LogP contribution in [0.5, 0.6) is 0 Å². The second kappa shape index (κ2) is 6.47. The molecule has 1 unspecified atom stereocenters. The number of aryl methyl sites for hydroxylation is 1. The van der Waals surface area contributed by atoms with E-state index in [9.17, 15) is 14.9 Å². The van der Waals surface area contributed by atoms with Gasteiger partial charge in [0.15, 0.2) is 0 Å². The molecule has 0 aliphatic heterocycles. The van der Waals surface area contributed by atoms with Gasteiger partial charge in [-0.1, -0.05) is 13.0 Å². The molecule has 1 aliphatic carbocycles. The molecular weight excluding hydrogens is 270 g/mol. The largest absolute Gasteiger partial charge is 0.273 e. The second-order valence-corrected chi connectivity index (χ2v) is 5.58. The third kappa shape index (κ3) is 3.87. The van der Waals surface area contributed by atoms with Crippen LogP contribution in [-0.2, 0) is 0 Å². The summed E-state index contributed by atoms with van der Waals surface area (Å²) in [6.07, 6.45) is 4.08. The fourth-order valence-corrected chi connectivity index (χ4v) is 2.50. The van der Waals surface area contributed by atoms with Crippen molar-refractivity contribution in [3.05, 3.63) is 39.4 Å². The molecular formula is C15H19N3O3. The number of nitrogens with zero attached hydrogens (tertiary/aromatic N) is 2. The molecule has 112 valence electrons. The Morgan fingerprint density at radius 3 is 2.90 bits per heavy atom. The lowest BCUT2D eigenvalue weighted by Gasteiger charge is -2.18. The third-order valence-corrected chi connectivity index (χ3v) is 3.73. The maximum atomic E-state index is 12.0. The minimum absolute atomic E-state index is 0.0541. The van der Waals surface area contributed by atoms with E-state index < -0.39 is 10.8 Å². The number of nitro groups is 1. The number of nitrogens with one attached hydrogen (secondary N) is 1. The molecule has 6 heteroatoms. The Morgan fingerprint density at radius 1 is 1.48 bits per heavy atom. The number of benzene rings is 1. The summed E-state index contributed by atoms with van der Waals surface area (Å²) in [4.78, 5) is 22.4. The van der Waals surface area contributed by atoms with Crippen LogP contribution in [0, 0.1) is 23.0 Å². The van der Waals surface area contributed by atoms with Crippen molar-refractivity contribution >= 4 is 17.3 Å². The van der Waals surface area contributed by atoms with Crippen LogP contribution in [0.1, 0.15) is 48.5 Å². The van der Waals surface area contributed by atoms with Crippen LogP contribution in [0.3, 0.4) is 0 Å². The molecule has 0 saturated heterocycles. The number of amides is 1. The highest BCUT2D eigenvalue weighted by molar-refractivity contribution is 5.96. The Morgan fingerprint density at radius 2 is 2.24 bits per heavy atom. The summed E-state index contributed by atoms with van der Waals surface area (Å²) in [6, 6.07) is 4.43. The number of carbonyl (C=O) groups is 1. The molecule has 1 N–H and O–H groups in total. The molecule has 1 aliphatic rings. The molecule has 1 aromatic rings. The van der Waals surface area contributed by atoms with Gasteiger partial charge in [-0.3, -0.25) is 14.9 Å². The summed E-state index contributed by atoms with van der Waals surface area (Å²) >= 11 is 0. The van der Waals surface area contributed by atoms with E-state index in [0.29, 0.717) is 11.5 Å². The number of hydrazone groups is 1. The van der Waals surface area contributed by atoms with Crippen LogP contribution in [0.25, 0.3) is 0 Å². The lowest BCUT2D eigenvalue weighted by Crippen LogP contribution is -2.22. The zero-order valence-corrected chi connectivity index (χ0v) is 12.3. The summed E-state index contributed by atoms with van der Waals surface area (Å²) in [6.45, 7) is 3.81. The molecule has 1 amide bonds. The zero-order chi connectivity index (χ0) is 15.4. The smallest absolute Gasteiger partial charge is 0.267 e. The van der Waals surface area contributed by atoms with Crippen molar-refractivity contribution in [1.29, 1.82) is 0 Å². The highest BCUT2D eigenvalue weighted by atomic mass is 16.6. The van der Waals surface area contributed by atoms with Crippen LogP contribution in [0.4, 0.5) is 5.69 Å². The van der Waals surface area contributed by atoms with Gasteiger partial charge in [0.2, 0.25) is 0 Å². The summed E-state index contributed by atoms with van der Waals surface area (Å²) in [5.74, 6) is 0.179. The quantitative estimate of drug-likeness (QED) is 0.685. The summed E-state index contributed by atoms with van der Waals surface area (Å²) < 4.78 is 0. The van der Waals surface area contributed by atoms with E-state index in [2.05, 4.69) is 17.5 Å². The molecule has 0 bridgehead atoms. The fraction of sp³-hybridized carbons (Fsp3) is 0.467. The normalized spacial score (nSPS) is 20.3. The average Bonchev–Trinajstić information content (AvgIpc) is 2.45. The van der Waals surface area contributed by atoms with Crippen molar-refractivity contribution in [2.45, 2.75) is 39.5 Å². The van der Waals surface area contributed by atoms with Gasteiger partial charge < -0.3 is 0 Å². The first-order valence-electron chi connectivity index (χ1n) is 7.08. The van der Waals surface area contributed by atoms with Crippen molar-refractivity contribution in [1.82, 2.24) is 5.43 Å². The Kier molecular flexibility index (Phi) is 4.67. The number of hydrogen-bond acceptors (Lipinski definition) is 4. The van der Waals surface area contributed by atoms with E-state index >= 15 is 0 Å². The van der Waals surface area contributed by atoms with E-state index in [-0.39, 0.29) is 11.3 Å². The average molecular weight is 289 g/mol. The minimum Gasteiger partial charge on any atom is -0.267 e. The molecule has 0 radical (unpaired) electrons. The van der Waals surface area contributed by atoms with E-state index in [0.717, 1.165) is 25.0 Å². The zero-order valence-electron chi connectivity index (χ0n) is 12.3. The predicted molar refractivity (Wildman–Crippen MR) is 80.4 cm³/mol. The van der Waals surface area contributed by atoms with Crippen LogP contribution in [-0.4, -0.2) is 16.5 Å². The van der Waals surface area contributed by atoms with Crippen molar-refractivity contribution in [2.75, 3.05) is 0 Å². The highest BCUT2D eigenvalue weighted by Crippen LogP contribution is 2.21. The Hall–Kier alpha value is -2.24. The van der Waals surface area contributed by atoms with Crippen molar-refractivity contribution in [3.63, 3.8) is 0 Å². The van der Waals surface area contributed by atoms with Crippen LogP contribution in [0.2, 0.25) is 0 Å². The van der Waals surface area contributed by atoms with Crippen LogP contribution >= 0.6 is 0 Å². The Labute approximate surface area is 123 Å².